The molecule has 2 heterocycles. The summed E-state index contributed by atoms with van der Waals surface area (Å²) in [4.78, 5) is 2.33. The molecule has 0 saturated carbocycles. The molecule has 2 aromatic rings. The second-order valence-corrected chi connectivity index (χ2v) is 6.69. The molecule has 1 aliphatic rings. The summed E-state index contributed by atoms with van der Waals surface area (Å²) in [5, 5.41) is 4.53. The Morgan fingerprint density at radius 2 is 2.32 bits per heavy atom. The highest BCUT2D eigenvalue weighted by Gasteiger charge is 2.20. The molecular formula is C20H26FN3O. The van der Waals surface area contributed by atoms with Crippen molar-refractivity contribution in [1.82, 2.24) is 14.7 Å². The van der Waals surface area contributed by atoms with Crippen LogP contribution in [-0.4, -0.2) is 33.9 Å². The Labute approximate surface area is 148 Å². The molecule has 5 heteroatoms. The lowest BCUT2D eigenvalue weighted by Gasteiger charge is -2.25. The lowest BCUT2D eigenvalue weighted by Crippen LogP contribution is -2.31. The number of rotatable bonds is 8. The van der Waals surface area contributed by atoms with Gasteiger partial charge in [-0.1, -0.05) is 18.2 Å². The highest BCUT2D eigenvalue weighted by molar-refractivity contribution is 5.18. The number of benzene rings is 1. The van der Waals surface area contributed by atoms with Crippen LogP contribution in [0, 0.1) is 12.7 Å². The molecule has 3 rings (SSSR count). The molecule has 25 heavy (non-hydrogen) atoms. The lowest BCUT2D eigenvalue weighted by atomic mass is 10.1. The normalized spacial score (nSPS) is 17.3. The number of hydrogen-bond donors (Lipinski definition) is 0. The largest absolute Gasteiger partial charge is 0.377 e. The highest BCUT2D eigenvalue weighted by atomic mass is 19.1. The molecule has 1 aromatic carbocycles. The van der Waals surface area contributed by atoms with Gasteiger partial charge in [-0.3, -0.25) is 9.58 Å². The van der Waals surface area contributed by atoms with Crippen molar-refractivity contribution >= 4 is 0 Å². The van der Waals surface area contributed by atoms with Crippen molar-refractivity contribution < 1.29 is 9.13 Å². The highest BCUT2D eigenvalue weighted by Crippen LogP contribution is 2.18. The average Bonchev–Trinajstić information content (AvgIpc) is 3.18. The van der Waals surface area contributed by atoms with Crippen LogP contribution in [0.4, 0.5) is 4.39 Å². The van der Waals surface area contributed by atoms with Crippen LogP contribution in [-0.2, 0) is 24.4 Å². The zero-order chi connectivity index (χ0) is 17.6. The second kappa shape index (κ2) is 8.41. The summed E-state index contributed by atoms with van der Waals surface area (Å²) in [6, 6.07) is 6.83. The molecule has 1 aromatic heterocycles. The molecule has 0 aliphatic carbocycles. The fraction of sp³-hybridized carbons (Fsp3) is 0.450. The predicted molar refractivity (Wildman–Crippen MR) is 96.6 cm³/mol. The van der Waals surface area contributed by atoms with Crippen molar-refractivity contribution in [3.63, 3.8) is 0 Å². The summed E-state index contributed by atoms with van der Waals surface area (Å²) in [7, 11) is 0. The second-order valence-electron chi connectivity index (χ2n) is 6.69. The summed E-state index contributed by atoms with van der Waals surface area (Å²) in [6.45, 7) is 9.67. The van der Waals surface area contributed by atoms with Gasteiger partial charge in [-0.25, -0.2) is 4.39 Å². The van der Waals surface area contributed by atoms with Crippen LogP contribution >= 0.6 is 0 Å². The number of ether oxygens (including phenoxy) is 1. The van der Waals surface area contributed by atoms with E-state index in [4.69, 9.17) is 4.74 Å². The topological polar surface area (TPSA) is 30.3 Å². The van der Waals surface area contributed by atoms with E-state index >= 15 is 0 Å². The maximum absolute atomic E-state index is 13.5. The third-order valence-electron chi connectivity index (χ3n) is 4.54. The van der Waals surface area contributed by atoms with E-state index in [0.29, 0.717) is 13.1 Å². The first-order chi connectivity index (χ1) is 12.1. The van der Waals surface area contributed by atoms with Crippen LogP contribution in [0.1, 0.15) is 29.7 Å². The molecule has 4 nitrogen and oxygen atoms in total. The molecule has 1 atom stereocenters. The number of allylic oxidation sites excluding steroid dienone is 1. The van der Waals surface area contributed by atoms with Crippen molar-refractivity contribution in [3.8, 4) is 0 Å². The Bertz CT molecular complexity index is 707. The third kappa shape index (κ3) is 5.00. The molecule has 1 saturated heterocycles. The molecule has 1 aliphatic heterocycles. The smallest absolute Gasteiger partial charge is 0.123 e. The number of aromatic nitrogens is 2. The molecule has 0 spiro atoms. The minimum Gasteiger partial charge on any atom is -0.377 e. The van der Waals surface area contributed by atoms with E-state index in [1.807, 2.05) is 23.7 Å². The van der Waals surface area contributed by atoms with Crippen LogP contribution < -0.4 is 0 Å². The molecule has 1 unspecified atom stereocenters. The molecule has 0 N–H and O–H groups in total. The lowest BCUT2D eigenvalue weighted by molar-refractivity contribution is 0.0678. The molecule has 0 bridgehead atoms. The summed E-state index contributed by atoms with van der Waals surface area (Å²) < 4.78 is 21.2. The van der Waals surface area contributed by atoms with Crippen LogP contribution in [0.2, 0.25) is 0 Å². The van der Waals surface area contributed by atoms with Crippen LogP contribution in [0.25, 0.3) is 0 Å². The van der Waals surface area contributed by atoms with Crippen molar-refractivity contribution in [2.24, 2.45) is 0 Å². The van der Waals surface area contributed by atoms with E-state index in [-0.39, 0.29) is 11.9 Å². The molecule has 134 valence electrons. The maximum Gasteiger partial charge on any atom is 0.123 e. The molecular weight excluding hydrogens is 317 g/mol. The van der Waals surface area contributed by atoms with Gasteiger partial charge in [-0.2, -0.15) is 5.10 Å². The van der Waals surface area contributed by atoms with Gasteiger partial charge < -0.3 is 4.74 Å². The van der Waals surface area contributed by atoms with Gasteiger partial charge in [0.1, 0.15) is 5.82 Å². The number of aryl methyl sites for hydroxylation is 1. The van der Waals surface area contributed by atoms with Gasteiger partial charge >= 0.3 is 0 Å². The summed E-state index contributed by atoms with van der Waals surface area (Å²) in [6.07, 6.45) is 6.39. The third-order valence-corrected chi connectivity index (χ3v) is 4.54. The van der Waals surface area contributed by atoms with Gasteiger partial charge in [0, 0.05) is 38.0 Å². The predicted octanol–water partition coefficient (Wildman–Crippen LogP) is 3.70. The minimum atomic E-state index is -0.190. The number of nitrogens with zero attached hydrogens (tertiary/aromatic N) is 3. The number of hydrogen-bond acceptors (Lipinski definition) is 3. The molecule has 1 fully saturated rings. The van der Waals surface area contributed by atoms with Crippen molar-refractivity contribution in [2.45, 2.75) is 45.5 Å². The fourth-order valence-corrected chi connectivity index (χ4v) is 3.34. The Balaban J connectivity index is 1.74. The van der Waals surface area contributed by atoms with Crippen molar-refractivity contribution in [2.75, 3.05) is 13.2 Å². The van der Waals surface area contributed by atoms with Gasteiger partial charge in [0.05, 0.1) is 18.3 Å². The van der Waals surface area contributed by atoms with Gasteiger partial charge in [0.2, 0.25) is 0 Å². The first kappa shape index (κ1) is 17.8. The zero-order valence-corrected chi connectivity index (χ0v) is 14.8. The standard InChI is InChI=1S/C20H26FN3O/c1-3-9-24-14-18(16(2)22-24)13-23(15-20-8-5-10-25-20)12-17-6-4-7-19(21)11-17/h3-4,6-7,11,14,20H,1,5,8-10,12-13,15H2,2H3. The quantitative estimate of drug-likeness (QED) is 0.685. The Hall–Kier alpha value is -1.98. The summed E-state index contributed by atoms with van der Waals surface area (Å²) in [5.74, 6) is -0.190. The maximum atomic E-state index is 13.5. The van der Waals surface area contributed by atoms with Crippen LogP contribution in [0.5, 0.6) is 0 Å². The van der Waals surface area contributed by atoms with Crippen LogP contribution in [0.15, 0.2) is 43.1 Å². The summed E-state index contributed by atoms with van der Waals surface area (Å²) in [5.41, 5.74) is 3.20. The minimum absolute atomic E-state index is 0.190. The van der Waals surface area contributed by atoms with E-state index in [2.05, 4.69) is 22.8 Å². The van der Waals surface area contributed by atoms with Gasteiger partial charge in [-0.15, -0.1) is 6.58 Å². The summed E-state index contributed by atoms with van der Waals surface area (Å²) >= 11 is 0. The Morgan fingerprint density at radius 1 is 1.44 bits per heavy atom. The van der Waals surface area contributed by atoms with Crippen molar-refractivity contribution in [1.29, 1.82) is 0 Å². The first-order valence-corrected chi connectivity index (χ1v) is 8.86. The van der Waals surface area contributed by atoms with E-state index < -0.39 is 0 Å². The monoisotopic (exact) mass is 343 g/mol. The molecule has 0 amide bonds. The zero-order valence-electron chi connectivity index (χ0n) is 14.8. The van der Waals surface area contributed by atoms with E-state index in [1.54, 1.807) is 12.1 Å². The SMILES string of the molecule is C=CCn1cc(CN(Cc2cccc(F)c2)CC2CCCO2)c(C)n1. The molecule has 0 radical (unpaired) electrons. The Kier molecular flexibility index (Phi) is 6.00. The fourth-order valence-electron chi connectivity index (χ4n) is 3.34. The van der Waals surface area contributed by atoms with Gasteiger partial charge in [0.25, 0.3) is 0 Å². The first-order valence-electron chi connectivity index (χ1n) is 8.86. The van der Waals surface area contributed by atoms with Gasteiger partial charge in [-0.05, 0) is 37.5 Å². The van der Waals surface area contributed by atoms with E-state index in [9.17, 15) is 4.39 Å². The number of halogens is 1. The average molecular weight is 343 g/mol. The van der Waals surface area contributed by atoms with Crippen molar-refractivity contribution in [3.05, 3.63) is 65.8 Å². The van der Waals surface area contributed by atoms with Gasteiger partial charge in [0.15, 0.2) is 0 Å². The van der Waals surface area contributed by atoms with Crippen LogP contribution in [0.3, 0.4) is 0 Å². The Morgan fingerprint density at radius 3 is 3.04 bits per heavy atom. The van der Waals surface area contributed by atoms with E-state index in [0.717, 1.165) is 43.8 Å². The van der Waals surface area contributed by atoms with E-state index in [1.165, 1.54) is 11.6 Å².